The van der Waals surface area contributed by atoms with Crippen molar-refractivity contribution in [3.63, 3.8) is 0 Å². The van der Waals surface area contributed by atoms with E-state index < -0.39 is 11.6 Å². The number of benzene rings is 2. The predicted octanol–water partition coefficient (Wildman–Crippen LogP) is 3.18. The molecule has 1 aliphatic rings. The van der Waals surface area contributed by atoms with E-state index in [0.29, 0.717) is 56.0 Å². The van der Waals surface area contributed by atoms with Crippen molar-refractivity contribution >= 4 is 0 Å². The van der Waals surface area contributed by atoms with Crippen LogP contribution in [0.2, 0.25) is 0 Å². The van der Waals surface area contributed by atoms with Crippen molar-refractivity contribution in [3.05, 3.63) is 65.0 Å². The third-order valence-electron chi connectivity index (χ3n) is 5.17. The average molecular weight is 394 g/mol. The van der Waals surface area contributed by atoms with E-state index in [-0.39, 0.29) is 18.5 Å². The molecule has 3 rings (SSSR count). The summed E-state index contributed by atoms with van der Waals surface area (Å²) in [6.45, 7) is 3.01. The molecular weight excluding hydrogens is 369 g/mol. The number of hydrogen-bond donors (Lipinski definition) is 1. The van der Waals surface area contributed by atoms with E-state index in [1.807, 2.05) is 0 Å². The number of ether oxygens (including phenoxy) is 1. The molecule has 0 aromatic heterocycles. The van der Waals surface area contributed by atoms with Gasteiger partial charge in [0.1, 0.15) is 11.6 Å². The molecule has 1 fully saturated rings. The molecule has 0 bridgehead atoms. The smallest absolute Gasteiger partial charge is 0.159 e. The lowest BCUT2D eigenvalue weighted by molar-refractivity contribution is 0.0494. The van der Waals surface area contributed by atoms with E-state index in [9.17, 15) is 18.3 Å². The molecule has 4 nitrogen and oxygen atoms in total. The van der Waals surface area contributed by atoms with Gasteiger partial charge in [-0.2, -0.15) is 0 Å². The van der Waals surface area contributed by atoms with Crippen LogP contribution in [0.3, 0.4) is 0 Å². The minimum atomic E-state index is -0.860. The number of piperazine rings is 1. The zero-order chi connectivity index (χ0) is 20.1. The highest BCUT2D eigenvalue weighted by Gasteiger charge is 2.27. The first-order valence-corrected chi connectivity index (χ1v) is 9.33. The summed E-state index contributed by atoms with van der Waals surface area (Å²) < 4.78 is 46.0. The molecule has 0 amide bonds. The van der Waals surface area contributed by atoms with Crippen LogP contribution >= 0.6 is 0 Å². The van der Waals surface area contributed by atoms with Gasteiger partial charge in [-0.1, -0.05) is 6.07 Å². The number of rotatable bonds is 7. The Balaban J connectivity index is 1.67. The van der Waals surface area contributed by atoms with Gasteiger partial charge in [0.2, 0.25) is 0 Å². The first kappa shape index (κ1) is 20.6. The summed E-state index contributed by atoms with van der Waals surface area (Å²) in [5.41, 5.74) is 1.25. The predicted molar refractivity (Wildman–Crippen MR) is 100 cm³/mol. The molecule has 28 heavy (non-hydrogen) atoms. The second-order valence-corrected chi connectivity index (χ2v) is 7.08. The van der Waals surface area contributed by atoms with E-state index in [1.54, 1.807) is 25.3 Å². The van der Waals surface area contributed by atoms with Crippen LogP contribution in [0.5, 0.6) is 5.75 Å². The van der Waals surface area contributed by atoms with Gasteiger partial charge in [0.15, 0.2) is 11.6 Å². The van der Waals surface area contributed by atoms with Crippen LogP contribution < -0.4 is 4.74 Å². The molecule has 0 spiro atoms. The van der Waals surface area contributed by atoms with Crippen molar-refractivity contribution in [2.24, 2.45) is 0 Å². The molecule has 7 heteroatoms. The van der Waals surface area contributed by atoms with Crippen LogP contribution in [0.25, 0.3) is 0 Å². The van der Waals surface area contributed by atoms with Gasteiger partial charge in [-0.15, -0.1) is 0 Å². The van der Waals surface area contributed by atoms with Gasteiger partial charge in [0, 0.05) is 50.9 Å². The van der Waals surface area contributed by atoms with E-state index in [1.165, 1.54) is 12.1 Å². The summed E-state index contributed by atoms with van der Waals surface area (Å²) in [6.07, 6.45) is 0.556. The largest absolute Gasteiger partial charge is 0.497 e. The summed E-state index contributed by atoms with van der Waals surface area (Å²) in [6, 6.07) is 8.65. The SMILES string of the molecule is COc1ccc(F)c(CN2CCN(Cc3ccc(F)c(F)c3)C(CCO)C2)c1. The third kappa shape index (κ3) is 5.04. The molecule has 0 aliphatic carbocycles. The highest BCUT2D eigenvalue weighted by atomic mass is 19.2. The molecule has 0 radical (unpaired) electrons. The minimum Gasteiger partial charge on any atom is -0.497 e. The van der Waals surface area contributed by atoms with Crippen LogP contribution in [-0.4, -0.2) is 54.3 Å². The number of hydrogen-bond acceptors (Lipinski definition) is 4. The Morgan fingerprint density at radius 2 is 1.79 bits per heavy atom. The Kier molecular flexibility index (Phi) is 6.93. The standard InChI is InChI=1S/C21H25F3N2O2/c1-28-18-3-5-19(22)16(11-18)13-25-7-8-26(17(14-25)6-9-27)12-15-2-4-20(23)21(24)10-15/h2-5,10-11,17,27H,6-9,12-14H2,1H3. The van der Waals surface area contributed by atoms with Crippen molar-refractivity contribution < 1.29 is 23.0 Å². The maximum absolute atomic E-state index is 14.1. The lowest BCUT2D eigenvalue weighted by atomic mass is 10.1. The van der Waals surface area contributed by atoms with E-state index in [2.05, 4.69) is 9.80 Å². The van der Waals surface area contributed by atoms with Gasteiger partial charge in [-0.25, -0.2) is 13.2 Å². The van der Waals surface area contributed by atoms with Crippen molar-refractivity contribution in [1.82, 2.24) is 9.80 Å². The van der Waals surface area contributed by atoms with Gasteiger partial charge in [-0.05, 0) is 42.3 Å². The summed E-state index contributed by atoms with van der Waals surface area (Å²) >= 11 is 0. The van der Waals surface area contributed by atoms with Crippen LogP contribution in [0.1, 0.15) is 17.5 Å². The average Bonchev–Trinajstić information content (AvgIpc) is 2.68. The maximum Gasteiger partial charge on any atom is 0.159 e. The first-order chi connectivity index (χ1) is 13.5. The highest BCUT2D eigenvalue weighted by Crippen LogP contribution is 2.22. The van der Waals surface area contributed by atoms with Crippen LogP contribution in [0.15, 0.2) is 36.4 Å². The topological polar surface area (TPSA) is 35.9 Å². The fourth-order valence-corrected chi connectivity index (χ4v) is 3.64. The van der Waals surface area contributed by atoms with Crippen molar-refractivity contribution in [2.45, 2.75) is 25.6 Å². The quantitative estimate of drug-likeness (QED) is 0.783. The Hall–Kier alpha value is -2.09. The lowest BCUT2D eigenvalue weighted by Crippen LogP contribution is -2.52. The first-order valence-electron chi connectivity index (χ1n) is 9.33. The summed E-state index contributed by atoms with van der Waals surface area (Å²) in [5.74, 6) is -1.38. The van der Waals surface area contributed by atoms with Crippen molar-refractivity contribution in [2.75, 3.05) is 33.4 Å². The molecule has 152 valence electrons. The Morgan fingerprint density at radius 1 is 1.00 bits per heavy atom. The second kappa shape index (κ2) is 9.41. The Bertz CT molecular complexity index is 803. The van der Waals surface area contributed by atoms with Gasteiger partial charge in [0.25, 0.3) is 0 Å². The van der Waals surface area contributed by atoms with Gasteiger partial charge in [0.05, 0.1) is 7.11 Å². The summed E-state index contributed by atoms with van der Waals surface area (Å²) in [5, 5.41) is 9.44. The normalized spacial score (nSPS) is 18.4. The lowest BCUT2D eigenvalue weighted by Gasteiger charge is -2.41. The zero-order valence-electron chi connectivity index (χ0n) is 15.9. The Labute approximate surface area is 163 Å². The van der Waals surface area contributed by atoms with Crippen LogP contribution in [0.4, 0.5) is 13.2 Å². The third-order valence-corrected chi connectivity index (χ3v) is 5.17. The highest BCUT2D eigenvalue weighted by molar-refractivity contribution is 5.29. The van der Waals surface area contributed by atoms with E-state index >= 15 is 0 Å². The summed E-state index contributed by atoms with van der Waals surface area (Å²) in [7, 11) is 1.55. The molecular formula is C21H25F3N2O2. The molecule has 2 aromatic rings. The number of halogens is 3. The van der Waals surface area contributed by atoms with Crippen LogP contribution in [-0.2, 0) is 13.1 Å². The van der Waals surface area contributed by atoms with Gasteiger partial charge in [-0.3, -0.25) is 9.80 Å². The number of nitrogens with zero attached hydrogens (tertiary/aromatic N) is 2. The van der Waals surface area contributed by atoms with Gasteiger partial charge < -0.3 is 9.84 Å². The number of aliphatic hydroxyl groups is 1. The van der Waals surface area contributed by atoms with Crippen LogP contribution in [0, 0.1) is 17.5 Å². The molecule has 1 heterocycles. The minimum absolute atomic E-state index is 0.0281. The molecule has 1 unspecified atom stereocenters. The maximum atomic E-state index is 14.1. The molecule has 1 saturated heterocycles. The molecule has 1 atom stereocenters. The molecule has 1 aliphatic heterocycles. The van der Waals surface area contributed by atoms with Gasteiger partial charge >= 0.3 is 0 Å². The monoisotopic (exact) mass is 394 g/mol. The zero-order valence-corrected chi connectivity index (χ0v) is 15.9. The van der Waals surface area contributed by atoms with Crippen molar-refractivity contribution in [1.29, 1.82) is 0 Å². The number of methoxy groups -OCH3 is 1. The fourth-order valence-electron chi connectivity index (χ4n) is 3.64. The van der Waals surface area contributed by atoms with Crippen molar-refractivity contribution in [3.8, 4) is 5.75 Å². The fraction of sp³-hybridized carbons (Fsp3) is 0.429. The Morgan fingerprint density at radius 3 is 2.50 bits per heavy atom. The van der Waals surface area contributed by atoms with E-state index in [4.69, 9.17) is 4.74 Å². The van der Waals surface area contributed by atoms with E-state index in [0.717, 1.165) is 6.07 Å². The summed E-state index contributed by atoms with van der Waals surface area (Å²) in [4.78, 5) is 4.29. The molecule has 1 N–H and O–H groups in total. The second-order valence-electron chi connectivity index (χ2n) is 7.08. The number of aliphatic hydroxyl groups excluding tert-OH is 1. The molecule has 2 aromatic carbocycles. The molecule has 0 saturated carbocycles.